The van der Waals surface area contributed by atoms with Crippen LogP contribution in [0.3, 0.4) is 0 Å². The topological polar surface area (TPSA) is 7.76 Å². The summed E-state index contributed by atoms with van der Waals surface area (Å²) in [6.45, 7) is 1.62. The third-order valence-electron chi connectivity index (χ3n) is 4.40. The minimum Gasteiger partial charge on any atom is -0.191 e. The number of aromatic nitrogens is 2. The lowest BCUT2D eigenvalue weighted by Gasteiger charge is -2.02. The first kappa shape index (κ1) is 18.3. The number of pyridine rings is 2. The molecule has 0 radical (unpaired) electrons. The SMILES string of the molecule is C#CCCC[n+]1ccccc1C#Cc1c2ccccc2cc[n+]1CCC#C. The van der Waals surface area contributed by atoms with Crippen molar-refractivity contribution in [3.63, 3.8) is 0 Å². The quantitative estimate of drug-likeness (QED) is 0.379. The maximum absolute atomic E-state index is 5.47. The van der Waals surface area contributed by atoms with E-state index in [1.807, 2.05) is 30.3 Å². The first-order chi connectivity index (χ1) is 13.3. The Bertz CT molecular complexity index is 1080. The number of benzene rings is 1. The summed E-state index contributed by atoms with van der Waals surface area (Å²) in [4.78, 5) is 0. The Morgan fingerprint density at radius 3 is 2.41 bits per heavy atom. The number of hydrogen-bond acceptors (Lipinski definition) is 0. The van der Waals surface area contributed by atoms with Gasteiger partial charge in [0.05, 0.1) is 11.8 Å². The highest BCUT2D eigenvalue weighted by atomic mass is 15.0. The van der Waals surface area contributed by atoms with Crippen molar-refractivity contribution in [1.29, 1.82) is 0 Å². The summed E-state index contributed by atoms with van der Waals surface area (Å²) in [6.07, 6.45) is 17.3. The van der Waals surface area contributed by atoms with Crippen LogP contribution < -0.4 is 9.13 Å². The van der Waals surface area contributed by atoms with Crippen molar-refractivity contribution in [2.24, 2.45) is 0 Å². The van der Waals surface area contributed by atoms with Crippen LogP contribution >= 0.6 is 0 Å². The van der Waals surface area contributed by atoms with Gasteiger partial charge in [-0.15, -0.1) is 24.7 Å². The molecule has 0 atom stereocenters. The monoisotopic (exact) mass is 350 g/mol. The van der Waals surface area contributed by atoms with Crippen molar-refractivity contribution in [3.05, 3.63) is 72.3 Å². The molecule has 0 saturated carbocycles. The summed E-state index contributed by atoms with van der Waals surface area (Å²) < 4.78 is 4.29. The highest BCUT2D eigenvalue weighted by Crippen LogP contribution is 2.14. The number of terminal acetylenes is 2. The molecule has 0 saturated heterocycles. The van der Waals surface area contributed by atoms with E-state index < -0.39 is 0 Å². The van der Waals surface area contributed by atoms with Crippen LogP contribution in [0.15, 0.2) is 60.9 Å². The predicted molar refractivity (Wildman–Crippen MR) is 108 cm³/mol. The van der Waals surface area contributed by atoms with E-state index in [-0.39, 0.29) is 0 Å². The van der Waals surface area contributed by atoms with Crippen LogP contribution in [0, 0.1) is 36.5 Å². The van der Waals surface area contributed by atoms with Gasteiger partial charge in [-0.25, -0.2) is 0 Å². The maximum Gasteiger partial charge on any atom is 0.265 e. The summed E-state index contributed by atoms with van der Waals surface area (Å²) in [5.74, 6) is 12.2. The molecular formula is C25H22N2+2. The Hall–Kier alpha value is -3.54. The molecule has 2 aromatic heterocycles. The van der Waals surface area contributed by atoms with Crippen LogP contribution in [0.25, 0.3) is 10.8 Å². The average molecular weight is 350 g/mol. The lowest BCUT2D eigenvalue weighted by Crippen LogP contribution is -2.38. The first-order valence-electron chi connectivity index (χ1n) is 9.12. The van der Waals surface area contributed by atoms with Crippen LogP contribution in [0.1, 0.15) is 30.7 Å². The summed E-state index contributed by atoms with van der Waals surface area (Å²) in [5.41, 5.74) is 1.97. The molecule has 3 aromatic rings. The Kier molecular flexibility index (Phi) is 6.25. The van der Waals surface area contributed by atoms with Gasteiger partial charge in [-0.3, -0.25) is 0 Å². The molecule has 27 heavy (non-hydrogen) atoms. The third kappa shape index (κ3) is 4.55. The molecule has 130 valence electrons. The standard InChI is InChI=1S/C25H22N2/c1-3-5-10-19-26-20-11-9-13-23(26)15-16-25-24-14-8-7-12-22(24)17-21-27(25)18-6-4-2/h1-2,7-9,11-14,17,20-21H,5-6,10,18-19H2/q+2. The van der Waals surface area contributed by atoms with E-state index in [1.165, 1.54) is 5.39 Å². The summed E-state index contributed by atoms with van der Waals surface area (Å²) >= 11 is 0. The number of aryl methyl sites for hydroxylation is 2. The Morgan fingerprint density at radius 2 is 1.56 bits per heavy atom. The van der Waals surface area contributed by atoms with E-state index in [2.05, 4.69) is 63.4 Å². The molecule has 0 aliphatic carbocycles. The minimum absolute atomic E-state index is 0.676. The molecule has 0 spiro atoms. The number of hydrogen-bond donors (Lipinski definition) is 0. The van der Waals surface area contributed by atoms with Gasteiger partial charge >= 0.3 is 0 Å². The van der Waals surface area contributed by atoms with Crippen LogP contribution in [0.2, 0.25) is 0 Å². The molecule has 1 aromatic carbocycles. The summed E-state index contributed by atoms with van der Waals surface area (Å²) in [6, 6.07) is 16.5. The highest BCUT2D eigenvalue weighted by molar-refractivity contribution is 5.85. The molecule has 3 rings (SSSR count). The van der Waals surface area contributed by atoms with Gasteiger partial charge in [-0.1, -0.05) is 18.2 Å². The van der Waals surface area contributed by atoms with Crippen molar-refractivity contribution in [1.82, 2.24) is 0 Å². The van der Waals surface area contributed by atoms with Crippen LogP contribution in [-0.4, -0.2) is 0 Å². The average Bonchev–Trinajstić information content (AvgIpc) is 2.72. The number of rotatable bonds is 5. The van der Waals surface area contributed by atoms with E-state index >= 15 is 0 Å². The second kappa shape index (κ2) is 9.24. The second-order valence-corrected chi connectivity index (χ2v) is 6.24. The molecule has 0 bridgehead atoms. The van der Waals surface area contributed by atoms with Gasteiger partial charge in [0, 0.05) is 42.9 Å². The first-order valence-corrected chi connectivity index (χ1v) is 9.12. The molecule has 0 N–H and O–H groups in total. The van der Waals surface area contributed by atoms with Gasteiger partial charge in [0.2, 0.25) is 0 Å². The largest absolute Gasteiger partial charge is 0.265 e. The predicted octanol–water partition coefficient (Wildman–Crippen LogP) is 3.25. The molecule has 2 heteroatoms. The zero-order chi connectivity index (χ0) is 18.9. The fourth-order valence-corrected chi connectivity index (χ4v) is 3.03. The lowest BCUT2D eigenvalue weighted by atomic mass is 10.1. The molecule has 0 fully saturated rings. The molecule has 2 nitrogen and oxygen atoms in total. The van der Waals surface area contributed by atoms with Crippen molar-refractivity contribution in [2.45, 2.75) is 32.4 Å². The second-order valence-electron chi connectivity index (χ2n) is 6.24. The van der Waals surface area contributed by atoms with Crippen molar-refractivity contribution < 1.29 is 9.13 Å². The van der Waals surface area contributed by atoms with E-state index in [9.17, 15) is 0 Å². The molecule has 0 aliphatic rings. The fraction of sp³-hybridized carbons (Fsp3) is 0.200. The minimum atomic E-state index is 0.676. The molecule has 2 heterocycles. The zero-order valence-electron chi connectivity index (χ0n) is 15.4. The van der Waals surface area contributed by atoms with E-state index in [0.717, 1.165) is 42.7 Å². The van der Waals surface area contributed by atoms with Crippen molar-refractivity contribution >= 4 is 10.8 Å². The number of nitrogens with zero attached hydrogens (tertiary/aromatic N) is 2. The highest BCUT2D eigenvalue weighted by Gasteiger charge is 2.13. The zero-order valence-corrected chi connectivity index (χ0v) is 15.4. The maximum atomic E-state index is 5.47. The van der Waals surface area contributed by atoms with Crippen molar-refractivity contribution in [2.75, 3.05) is 0 Å². The molecule has 0 aliphatic heterocycles. The van der Waals surface area contributed by atoms with Gasteiger partial charge in [0.15, 0.2) is 25.5 Å². The number of unbranched alkanes of at least 4 members (excludes halogenated alkanes) is 1. The Morgan fingerprint density at radius 1 is 0.741 bits per heavy atom. The van der Waals surface area contributed by atoms with Gasteiger partial charge < -0.3 is 0 Å². The van der Waals surface area contributed by atoms with Gasteiger partial charge in [-0.05, 0) is 17.5 Å². The fourth-order valence-electron chi connectivity index (χ4n) is 3.03. The Balaban J connectivity index is 2.03. The summed E-state index contributed by atoms with van der Waals surface area (Å²) in [7, 11) is 0. The number of fused-ring (bicyclic) bond motifs is 1. The van der Waals surface area contributed by atoms with Crippen LogP contribution in [0.4, 0.5) is 0 Å². The summed E-state index contributed by atoms with van der Waals surface area (Å²) in [5, 5.41) is 2.31. The molecule has 0 unspecified atom stereocenters. The third-order valence-corrected chi connectivity index (χ3v) is 4.40. The van der Waals surface area contributed by atoms with Gasteiger partial charge in [0.1, 0.15) is 0 Å². The lowest BCUT2D eigenvalue weighted by molar-refractivity contribution is -0.699. The van der Waals surface area contributed by atoms with Gasteiger partial charge in [-0.2, -0.15) is 9.13 Å². The van der Waals surface area contributed by atoms with E-state index in [4.69, 9.17) is 12.8 Å². The smallest absolute Gasteiger partial charge is 0.191 e. The van der Waals surface area contributed by atoms with Crippen LogP contribution in [-0.2, 0) is 13.1 Å². The van der Waals surface area contributed by atoms with Crippen molar-refractivity contribution in [3.8, 4) is 36.5 Å². The normalized spacial score (nSPS) is 9.85. The van der Waals surface area contributed by atoms with E-state index in [1.54, 1.807) is 0 Å². The Labute approximate surface area is 161 Å². The van der Waals surface area contributed by atoms with E-state index in [0.29, 0.717) is 6.42 Å². The molecule has 0 amide bonds. The van der Waals surface area contributed by atoms with Crippen LogP contribution in [0.5, 0.6) is 0 Å². The van der Waals surface area contributed by atoms with Gasteiger partial charge in [0.25, 0.3) is 11.4 Å². The molecular weight excluding hydrogens is 328 g/mol.